The fraction of sp³-hybridized carbons (Fsp3) is 0.556. The third-order valence-corrected chi connectivity index (χ3v) is 5.79. The van der Waals surface area contributed by atoms with Gasteiger partial charge in [0.1, 0.15) is 5.75 Å². The fourth-order valence-electron chi connectivity index (χ4n) is 3.12. The molecule has 1 aromatic carbocycles. The Morgan fingerprint density at radius 1 is 1.27 bits per heavy atom. The maximum absolute atomic E-state index is 12.7. The minimum absolute atomic E-state index is 0.0807. The van der Waals surface area contributed by atoms with Gasteiger partial charge in [-0.2, -0.15) is 0 Å². The molecule has 2 aliphatic rings. The summed E-state index contributed by atoms with van der Waals surface area (Å²) < 4.78 is 7.92. The van der Waals surface area contributed by atoms with E-state index in [1.165, 1.54) is 24.6 Å². The predicted octanol–water partition coefficient (Wildman–Crippen LogP) is 3.45. The Bertz CT molecular complexity index is 770. The molecular formula is C18H23N5O2S. The molecule has 4 rings (SSSR count). The first kappa shape index (κ1) is 17.3. The maximum atomic E-state index is 12.7. The Kier molecular flexibility index (Phi) is 5.10. The van der Waals surface area contributed by atoms with Gasteiger partial charge in [-0.1, -0.05) is 23.9 Å². The number of ether oxygens (including phenoxy) is 1. The number of para-hydroxylation sites is 2. The summed E-state index contributed by atoms with van der Waals surface area (Å²) in [6.07, 6.45) is 7.04. The van der Waals surface area contributed by atoms with E-state index in [9.17, 15) is 4.79 Å². The van der Waals surface area contributed by atoms with Crippen LogP contribution >= 0.6 is 11.8 Å². The Morgan fingerprint density at radius 3 is 2.81 bits per heavy atom. The lowest BCUT2D eigenvalue weighted by Gasteiger charge is -2.18. The summed E-state index contributed by atoms with van der Waals surface area (Å²) in [6, 6.07) is 8.03. The molecule has 0 bridgehead atoms. The molecular weight excluding hydrogens is 350 g/mol. The van der Waals surface area contributed by atoms with Crippen molar-refractivity contribution in [2.75, 3.05) is 5.32 Å². The molecule has 1 atom stereocenters. The molecule has 0 spiro atoms. The highest BCUT2D eigenvalue weighted by Crippen LogP contribution is 2.37. The Morgan fingerprint density at radius 2 is 2.04 bits per heavy atom. The quantitative estimate of drug-likeness (QED) is 0.749. The van der Waals surface area contributed by atoms with Crippen molar-refractivity contribution < 1.29 is 9.53 Å². The third kappa shape index (κ3) is 4.00. The Labute approximate surface area is 156 Å². The number of thioether (sulfide) groups is 1. The van der Waals surface area contributed by atoms with Gasteiger partial charge in [-0.25, -0.2) is 4.68 Å². The van der Waals surface area contributed by atoms with Gasteiger partial charge in [0.25, 0.3) is 0 Å². The topological polar surface area (TPSA) is 81.9 Å². The number of hydrogen-bond acceptors (Lipinski definition) is 6. The predicted molar refractivity (Wildman–Crippen MR) is 99.4 cm³/mol. The van der Waals surface area contributed by atoms with E-state index in [4.69, 9.17) is 4.74 Å². The number of amides is 1. The molecule has 2 aromatic rings. The third-order valence-electron chi connectivity index (χ3n) is 4.75. The highest BCUT2D eigenvalue weighted by Gasteiger charge is 2.29. The van der Waals surface area contributed by atoms with Gasteiger partial charge < -0.3 is 10.1 Å². The van der Waals surface area contributed by atoms with E-state index in [1.807, 2.05) is 35.9 Å². The van der Waals surface area contributed by atoms with Gasteiger partial charge in [0, 0.05) is 0 Å². The fourth-order valence-corrected chi connectivity index (χ4v) is 3.98. The molecule has 0 saturated heterocycles. The van der Waals surface area contributed by atoms with Gasteiger partial charge in [0.2, 0.25) is 11.1 Å². The highest BCUT2D eigenvalue weighted by molar-refractivity contribution is 8.00. The summed E-state index contributed by atoms with van der Waals surface area (Å²) >= 11 is 1.39. The molecule has 8 heteroatoms. The highest BCUT2D eigenvalue weighted by atomic mass is 32.2. The van der Waals surface area contributed by atoms with Gasteiger partial charge in [0.15, 0.2) is 0 Å². The Balaban J connectivity index is 1.40. The summed E-state index contributed by atoms with van der Waals surface area (Å²) in [5, 5.41) is 15.2. The minimum Gasteiger partial charge on any atom is -0.488 e. The lowest BCUT2D eigenvalue weighted by molar-refractivity contribution is -0.115. The van der Waals surface area contributed by atoms with Crippen LogP contribution < -0.4 is 10.1 Å². The standard InChI is InChI=1S/C18H23N5O2S/c1-12(26-18-20-21-22-23(18)13-10-11-13)17(24)19-15-8-4-5-9-16(15)25-14-6-2-3-7-14/h4-5,8-9,12-14H,2-3,6-7,10-11H2,1H3,(H,19,24)/t12-/m0/s1. The number of rotatable bonds is 7. The lowest BCUT2D eigenvalue weighted by Crippen LogP contribution is -2.24. The van der Waals surface area contributed by atoms with Crippen molar-refractivity contribution in [3.05, 3.63) is 24.3 Å². The van der Waals surface area contributed by atoms with E-state index >= 15 is 0 Å². The first-order valence-corrected chi connectivity index (χ1v) is 10.1. The second-order valence-electron chi connectivity index (χ2n) is 6.91. The van der Waals surface area contributed by atoms with Crippen molar-refractivity contribution in [2.45, 2.75) is 68.0 Å². The molecule has 2 fully saturated rings. The zero-order valence-corrected chi connectivity index (χ0v) is 15.6. The van der Waals surface area contributed by atoms with Crippen LogP contribution in [-0.4, -0.2) is 37.5 Å². The van der Waals surface area contributed by atoms with Crippen LogP contribution in [0.4, 0.5) is 5.69 Å². The average molecular weight is 373 g/mol. The molecule has 2 aliphatic carbocycles. The summed E-state index contributed by atoms with van der Waals surface area (Å²) in [7, 11) is 0. The van der Waals surface area contributed by atoms with E-state index in [1.54, 1.807) is 0 Å². The van der Waals surface area contributed by atoms with E-state index < -0.39 is 0 Å². The van der Waals surface area contributed by atoms with Gasteiger partial charge in [0.05, 0.1) is 23.1 Å². The number of anilines is 1. The molecule has 138 valence electrons. The molecule has 0 unspecified atom stereocenters. The second-order valence-corrected chi connectivity index (χ2v) is 8.21. The molecule has 0 aliphatic heterocycles. The minimum atomic E-state index is -0.307. The van der Waals surface area contributed by atoms with Crippen molar-refractivity contribution in [2.24, 2.45) is 0 Å². The van der Waals surface area contributed by atoms with Gasteiger partial charge in [-0.3, -0.25) is 4.79 Å². The van der Waals surface area contributed by atoms with Crippen molar-refractivity contribution >= 4 is 23.4 Å². The van der Waals surface area contributed by atoms with Crippen LogP contribution in [-0.2, 0) is 4.79 Å². The number of benzene rings is 1. The van der Waals surface area contributed by atoms with Crippen LogP contribution in [0.1, 0.15) is 51.5 Å². The number of tetrazole rings is 1. The normalized spacial score (nSPS) is 18.7. The first-order valence-electron chi connectivity index (χ1n) is 9.22. The van der Waals surface area contributed by atoms with Crippen LogP contribution in [0.2, 0.25) is 0 Å². The number of carbonyl (C=O) groups excluding carboxylic acids is 1. The summed E-state index contributed by atoms with van der Waals surface area (Å²) in [6.45, 7) is 1.87. The lowest BCUT2D eigenvalue weighted by atomic mass is 10.2. The van der Waals surface area contributed by atoms with Crippen LogP contribution in [0.15, 0.2) is 29.4 Å². The summed E-state index contributed by atoms with van der Waals surface area (Å²) in [5.41, 5.74) is 0.721. The monoisotopic (exact) mass is 373 g/mol. The largest absolute Gasteiger partial charge is 0.488 e. The van der Waals surface area contributed by atoms with E-state index in [0.717, 1.165) is 37.1 Å². The van der Waals surface area contributed by atoms with Crippen LogP contribution in [0, 0.1) is 0 Å². The second kappa shape index (κ2) is 7.65. The summed E-state index contributed by atoms with van der Waals surface area (Å²) in [4.78, 5) is 12.7. The van der Waals surface area contributed by atoms with Gasteiger partial charge in [-0.15, -0.1) is 5.10 Å². The SMILES string of the molecule is C[C@H](Sc1nnnn1C1CC1)C(=O)Nc1ccccc1OC1CCCC1. The van der Waals surface area contributed by atoms with Gasteiger partial charge in [-0.05, 0) is 68.0 Å². The van der Waals surface area contributed by atoms with Crippen LogP contribution in [0.5, 0.6) is 5.75 Å². The molecule has 0 radical (unpaired) electrons. The molecule has 1 aromatic heterocycles. The van der Waals surface area contributed by atoms with E-state index in [-0.39, 0.29) is 17.3 Å². The average Bonchev–Trinajstić information content (AvgIpc) is 3.15. The number of carbonyl (C=O) groups is 1. The number of nitrogens with zero attached hydrogens (tertiary/aromatic N) is 4. The number of aromatic nitrogens is 4. The van der Waals surface area contributed by atoms with Crippen molar-refractivity contribution in [1.29, 1.82) is 0 Å². The smallest absolute Gasteiger partial charge is 0.237 e. The molecule has 1 N–H and O–H groups in total. The van der Waals surface area contributed by atoms with Crippen LogP contribution in [0.25, 0.3) is 0 Å². The molecule has 26 heavy (non-hydrogen) atoms. The van der Waals surface area contributed by atoms with Crippen molar-refractivity contribution in [3.63, 3.8) is 0 Å². The number of nitrogens with one attached hydrogen (secondary N) is 1. The maximum Gasteiger partial charge on any atom is 0.237 e. The zero-order chi connectivity index (χ0) is 17.9. The zero-order valence-electron chi connectivity index (χ0n) is 14.8. The van der Waals surface area contributed by atoms with E-state index in [0.29, 0.717) is 11.2 Å². The van der Waals surface area contributed by atoms with Crippen molar-refractivity contribution in [1.82, 2.24) is 20.2 Å². The molecule has 1 heterocycles. The van der Waals surface area contributed by atoms with Crippen LogP contribution in [0.3, 0.4) is 0 Å². The summed E-state index contributed by atoms with van der Waals surface area (Å²) in [5.74, 6) is 0.663. The van der Waals surface area contributed by atoms with Gasteiger partial charge >= 0.3 is 0 Å². The Hall–Kier alpha value is -2.09. The first-order chi connectivity index (χ1) is 12.7. The number of hydrogen-bond donors (Lipinski definition) is 1. The molecule has 2 saturated carbocycles. The molecule has 7 nitrogen and oxygen atoms in total. The van der Waals surface area contributed by atoms with Crippen molar-refractivity contribution in [3.8, 4) is 5.75 Å². The van der Waals surface area contributed by atoms with E-state index in [2.05, 4.69) is 20.8 Å². The molecule has 1 amide bonds.